The average Bonchev–Trinajstić information content (AvgIpc) is 2.74. The molecule has 0 saturated carbocycles. The van der Waals surface area contributed by atoms with E-state index in [0.717, 1.165) is 16.7 Å². The highest BCUT2D eigenvalue weighted by atomic mass is 16.8. The van der Waals surface area contributed by atoms with E-state index in [4.69, 9.17) is 28.4 Å². The SMILES string of the molecule is CO[C@H]1O[C@@H]2COC(c3ccccc3)O[C@H]2[C@@H]2OCc3ccccc3CO[C@H]12. The van der Waals surface area contributed by atoms with Crippen molar-refractivity contribution in [1.82, 2.24) is 0 Å². The summed E-state index contributed by atoms with van der Waals surface area (Å²) in [6.07, 6.45) is -2.25. The maximum atomic E-state index is 6.33. The molecule has 2 aromatic carbocycles. The maximum Gasteiger partial charge on any atom is 0.186 e. The summed E-state index contributed by atoms with van der Waals surface area (Å²) in [5.41, 5.74) is 3.22. The second-order valence-corrected chi connectivity index (χ2v) is 7.28. The van der Waals surface area contributed by atoms with Crippen LogP contribution >= 0.6 is 0 Å². The molecular formula is C22H24O6. The van der Waals surface area contributed by atoms with Crippen LogP contribution in [0.2, 0.25) is 0 Å². The molecule has 148 valence electrons. The van der Waals surface area contributed by atoms with Gasteiger partial charge in [-0.3, -0.25) is 0 Å². The molecule has 0 aromatic heterocycles. The quantitative estimate of drug-likeness (QED) is 0.794. The molecule has 2 fully saturated rings. The minimum absolute atomic E-state index is 0.274. The molecule has 28 heavy (non-hydrogen) atoms. The van der Waals surface area contributed by atoms with Crippen molar-refractivity contribution in [3.63, 3.8) is 0 Å². The van der Waals surface area contributed by atoms with Crippen LogP contribution in [0.25, 0.3) is 0 Å². The third-order valence-corrected chi connectivity index (χ3v) is 5.57. The zero-order chi connectivity index (χ0) is 18.9. The van der Waals surface area contributed by atoms with Crippen molar-refractivity contribution in [3.05, 3.63) is 71.3 Å². The Morgan fingerprint density at radius 1 is 0.750 bits per heavy atom. The number of hydrogen-bond acceptors (Lipinski definition) is 6. The van der Waals surface area contributed by atoms with E-state index in [2.05, 4.69) is 12.1 Å². The van der Waals surface area contributed by atoms with Crippen LogP contribution in [0.4, 0.5) is 0 Å². The zero-order valence-electron chi connectivity index (χ0n) is 15.7. The van der Waals surface area contributed by atoms with Gasteiger partial charge in [0, 0.05) is 12.7 Å². The van der Waals surface area contributed by atoms with Crippen molar-refractivity contribution in [2.75, 3.05) is 13.7 Å². The Bertz CT molecular complexity index is 797. The summed E-state index contributed by atoms with van der Waals surface area (Å²) in [7, 11) is 1.62. The fraction of sp³-hybridized carbons (Fsp3) is 0.455. The Kier molecular flexibility index (Phi) is 5.15. The molecule has 3 heterocycles. The normalized spacial score (nSPS) is 35.0. The molecule has 3 aliphatic rings. The number of benzene rings is 2. The molecule has 3 aliphatic heterocycles. The third-order valence-electron chi connectivity index (χ3n) is 5.57. The maximum absolute atomic E-state index is 6.33. The fourth-order valence-electron chi connectivity index (χ4n) is 4.09. The number of methoxy groups -OCH3 is 1. The molecule has 0 amide bonds. The van der Waals surface area contributed by atoms with Gasteiger partial charge in [-0.2, -0.15) is 0 Å². The van der Waals surface area contributed by atoms with E-state index in [9.17, 15) is 0 Å². The fourth-order valence-corrected chi connectivity index (χ4v) is 4.09. The summed E-state index contributed by atoms with van der Waals surface area (Å²) in [4.78, 5) is 0. The van der Waals surface area contributed by atoms with Crippen LogP contribution in [0.15, 0.2) is 54.6 Å². The zero-order valence-corrected chi connectivity index (χ0v) is 15.7. The van der Waals surface area contributed by atoms with Gasteiger partial charge < -0.3 is 28.4 Å². The summed E-state index contributed by atoms with van der Waals surface area (Å²) in [6.45, 7) is 1.40. The van der Waals surface area contributed by atoms with Crippen molar-refractivity contribution in [1.29, 1.82) is 0 Å². The second kappa shape index (κ2) is 7.91. The first-order valence-electron chi connectivity index (χ1n) is 9.64. The smallest absolute Gasteiger partial charge is 0.186 e. The van der Waals surface area contributed by atoms with Crippen LogP contribution < -0.4 is 0 Å². The van der Waals surface area contributed by atoms with E-state index in [0.29, 0.717) is 19.8 Å². The first-order chi connectivity index (χ1) is 13.8. The average molecular weight is 384 g/mol. The molecule has 0 spiro atoms. The van der Waals surface area contributed by atoms with Crippen molar-refractivity contribution in [2.45, 2.75) is 50.2 Å². The Balaban J connectivity index is 1.42. The topological polar surface area (TPSA) is 55.4 Å². The van der Waals surface area contributed by atoms with Crippen LogP contribution in [0, 0.1) is 0 Å². The standard InChI is InChI=1S/C22H24O6/c1-23-22-20-19(24-11-15-9-5-6-10-16(15)12-25-20)18-17(27-22)13-26-21(28-18)14-7-3-2-4-8-14/h2-10,17-22H,11-13H2,1H3/t17-,18-,19+,20+,21?,22+/m1/s1. The molecule has 5 rings (SSSR count). The molecular weight excluding hydrogens is 360 g/mol. The van der Waals surface area contributed by atoms with Gasteiger partial charge in [-0.25, -0.2) is 0 Å². The highest BCUT2D eigenvalue weighted by molar-refractivity contribution is 5.26. The lowest BCUT2D eigenvalue weighted by Crippen LogP contribution is -2.63. The lowest BCUT2D eigenvalue weighted by Gasteiger charge is -2.49. The van der Waals surface area contributed by atoms with Gasteiger partial charge in [0.25, 0.3) is 0 Å². The molecule has 0 N–H and O–H groups in total. The minimum Gasteiger partial charge on any atom is -0.368 e. The predicted molar refractivity (Wildman–Crippen MR) is 99.3 cm³/mol. The highest BCUT2D eigenvalue weighted by Gasteiger charge is 2.52. The van der Waals surface area contributed by atoms with Gasteiger partial charge in [-0.15, -0.1) is 0 Å². The van der Waals surface area contributed by atoms with Crippen LogP contribution in [0.5, 0.6) is 0 Å². The van der Waals surface area contributed by atoms with E-state index in [-0.39, 0.29) is 24.4 Å². The molecule has 1 unspecified atom stereocenters. The molecule has 0 radical (unpaired) electrons. The summed E-state index contributed by atoms with van der Waals surface area (Å²) in [5.74, 6) is 0. The van der Waals surface area contributed by atoms with Crippen molar-refractivity contribution >= 4 is 0 Å². The van der Waals surface area contributed by atoms with Crippen LogP contribution in [-0.4, -0.2) is 44.4 Å². The van der Waals surface area contributed by atoms with Crippen molar-refractivity contribution in [3.8, 4) is 0 Å². The summed E-state index contributed by atoms with van der Waals surface area (Å²) < 4.78 is 36.4. The summed E-state index contributed by atoms with van der Waals surface area (Å²) in [6, 6.07) is 18.1. The largest absolute Gasteiger partial charge is 0.368 e. The van der Waals surface area contributed by atoms with Gasteiger partial charge in [0.1, 0.15) is 24.4 Å². The Morgan fingerprint density at radius 2 is 1.43 bits per heavy atom. The first kappa shape index (κ1) is 18.2. The van der Waals surface area contributed by atoms with E-state index in [1.807, 2.05) is 42.5 Å². The predicted octanol–water partition coefficient (Wildman–Crippen LogP) is 2.96. The van der Waals surface area contributed by atoms with Crippen molar-refractivity contribution in [2.24, 2.45) is 0 Å². The van der Waals surface area contributed by atoms with Gasteiger partial charge >= 0.3 is 0 Å². The molecule has 0 bridgehead atoms. The lowest BCUT2D eigenvalue weighted by molar-refractivity contribution is -0.370. The number of fused-ring (bicyclic) bond motifs is 4. The monoisotopic (exact) mass is 384 g/mol. The van der Waals surface area contributed by atoms with Crippen LogP contribution in [-0.2, 0) is 41.6 Å². The summed E-state index contributed by atoms with van der Waals surface area (Å²) >= 11 is 0. The van der Waals surface area contributed by atoms with E-state index in [1.54, 1.807) is 7.11 Å². The Morgan fingerprint density at radius 3 is 2.14 bits per heavy atom. The number of ether oxygens (including phenoxy) is 6. The van der Waals surface area contributed by atoms with E-state index >= 15 is 0 Å². The van der Waals surface area contributed by atoms with E-state index in [1.165, 1.54) is 0 Å². The lowest BCUT2D eigenvalue weighted by atomic mass is 9.96. The molecule has 6 atom stereocenters. The molecule has 6 heteroatoms. The van der Waals surface area contributed by atoms with Crippen LogP contribution in [0.3, 0.4) is 0 Å². The Labute approximate surface area is 164 Å². The molecule has 2 aromatic rings. The van der Waals surface area contributed by atoms with Gasteiger partial charge in [-0.05, 0) is 11.1 Å². The highest BCUT2D eigenvalue weighted by Crippen LogP contribution is 2.37. The minimum atomic E-state index is -0.531. The van der Waals surface area contributed by atoms with Gasteiger partial charge in [-0.1, -0.05) is 54.6 Å². The Hall–Kier alpha value is -1.80. The van der Waals surface area contributed by atoms with Crippen LogP contribution in [0.1, 0.15) is 23.0 Å². The van der Waals surface area contributed by atoms with Gasteiger partial charge in [0.2, 0.25) is 0 Å². The number of hydrogen-bond donors (Lipinski definition) is 0. The van der Waals surface area contributed by atoms with E-state index < -0.39 is 12.6 Å². The molecule has 2 saturated heterocycles. The first-order valence-corrected chi connectivity index (χ1v) is 9.64. The second-order valence-electron chi connectivity index (χ2n) is 7.28. The summed E-state index contributed by atoms with van der Waals surface area (Å²) in [5, 5.41) is 0. The molecule has 6 nitrogen and oxygen atoms in total. The number of rotatable bonds is 2. The third kappa shape index (κ3) is 3.37. The van der Waals surface area contributed by atoms with Gasteiger partial charge in [0.05, 0.1) is 19.8 Å². The van der Waals surface area contributed by atoms with Gasteiger partial charge in [0.15, 0.2) is 12.6 Å². The van der Waals surface area contributed by atoms with Crippen molar-refractivity contribution < 1.29 is 28.4 Å². The molecule has 0 aliphatic carbocycles.